The van der Waals surface area contributed by atoms with Crippen LogP contribution in [0.15, 0.2) is 24.7 Å². The molecule has 1 unspecified atom stereocenters. The average Bonchev–Trinajstić information content (AvgIpc) is 3.26. The van der Waals surface area contributed by atoms with Gasteiger partial charge in [0.15, 0.2) is 5.65 Å². The molecule has 4 rings (SSSR count). The molecule has 23 heavy (non-hydrogen) atoms. The van der Waals surface area contributed by atoms with Gasteiger partial charge < -0.3 is 10.2 Å². The molecular weight excluding hydrogens is 294 g/mol. The van der Waals surface area contributed by atoms with Gasteiger partial charge in [-0.2, -0.15) is 5.10 Å². The van der Waals surface area contributed by atoms with Crippen molar-refractivity contribution in [3.05, 3.63) is 24.7 Å². The van der Waals surface area contributed by atoms with Crippen LogP contribution < -0.4 is 5.32 Å². The monoisotopic (exact) mass is 313 g/mol. The first-order valence-electron chi connectivity index (χ1n) is 8.10. The summed E-state index contributed by atoms with van der Waals surface area (Å²) < 4.78 is 1.64. The molecule has 0 bridgehead atoms. The molecule has 3 heterocycles. The molecule has 1 saturated carbocycles. The quantitative estimate of drug-likeness (QED) is 0.930. The van der Waals surface area contributed by atoms with Crippen molar-refractivity contribution in [2.45, 2.75) is 38.1 Å². The maximum atomic E-state index is 12.5. The predicted octanol–water partition coefficient (Wildman–Crippen LogP) is 1.46. The van der Waals surface area contributed by atoms with Crippen LogP contribution in [0.4, 0.5) is 5.69 Å². The van der Waals surface area contributed by atoms with Gasteiger partial charge in [0.05, 0.1) is 5.92 Å². The Morgan fingerprint density at radius 1 is 1.30 bits per heavy atom. The van der Waals surface area contributed by atoms with Crippen LogP contribution in [0.25, 0.3) is 5.65 Å². The fourth-order valence-electron chi connectivity index (χ4n) is 3.61. The van der Waals surface area contributed by atoms with Gasteiger partial charge in [-0.05, 0) is 18.9 Å². The lowest BCUT2D eigenvalue weighted by atomic mass is 10.1. The standard InChI is InChI=1S/C16H19N5O2/c22-15-7-11(9-20(15)13-3-1-2-4-13)16(23)19-12-5-6-21-14(8-12)17-10-18-21/h5-6,8,10-11,13H,1-4,7,9H2,(H,19,23). The molecule has 1 aliphatic heterocycles. The largest absolute Gasteiger partial charge is 0.339 e. The maximum Gasteiger partial charge on any atom is 0.229 e. The average molecular weight is 313 g/mol. The van der Waals surface area contributed by atoms with E-state index in [2.05, 4.69) is 15.4 Å². The molecule has 2 aliphatic rings. The van der Waals surface area contributed by atoms with Crippen molar-refractivity contribution in [1.29, 1.82) is 0 Å². The van der Waals surface area contributed by atoms with Gasteiger partial charge in [-0.3, -0.25) is 9.59 Å². The fraction of sp³-hybridized carbons (Fsp3) is 0.500. The van der Waals surface area contributed by atoms with Crippen LogP contribution in [0, 0.1) is 5.92 Å². The Morgan fingerprint density at radius 3 is 2.96 bits per heavy atom. The van der Waals surface area contributed by atoms with Crippen LogP contribution in [0.5, 0.6) is 0 Å². The first kappa shape index (κ1) is 14.2. The zero-order valence-corrected chi connectivity index (χ0v) is 12.8. The molecular formula is C16H19N5O2. The summed E-state index contributed by atoms with van der Waals surface area (Å²) in [4.78, 5) is 30.7. The van der Waals surface area contributed by atoms with Gasteiger partial charge in [-0.15, -0.1) is 0 Å². The van der Waals surface area contributed by atoms with Crippen molar-refractivity contribution in [3.63, 3.8) is 0 Å². The first-order chi connectivity index (χ1) is 11.2. The highest BCUT2D eigenvalue weighted by Gasteiger charge is 2.38. The van der Waals surface area contributed by atoms with E-state index in [4.69, 9.17) is 0 Å². The molecule has 1 aliphatic carbocycles. The second-order valence-corrected chi connectivity index (χ2v) is 6.35. The molecule has 0 radical (unpaired) electrons. The molecule has 2 fully saturated rings. The van der Waals surface area contributed by atoms with Gasteiger partial charge in [0.1, 0.15) is 6.33 Å². The van der Waals surface area contributed by atoms with Crippen molar-refractivity contribution >= 4 is 23.1 Å². The Bertz CT molecular complexity index is 750. The summed E-state index contributed by atoms with van der Waals surface area (Å²) in [6, 6.07) is 3.90. The van der Waals surface area contributed by atoms with E-state index >= 15 is 0 Å². The van der Waals surface area contributed by atoms with Crippen molar-refractivity contribution in [2.24, 2.45) is 5.92 Å². The normalized spacial score (nSPS) is 22.2. The van der Waals surface area contributed by atoms with Crippen LogP contribution in [0.3, 0.4) is 0 Å². The van der Waals surface area contributed by atoms with Gasteiger partial charge in [0.2, 0.25) is 11.8 Å². The summed E-state index contributed by atoms with van der Waals surface area (Å²) in [5, 5.41) is 6.92. The van der Waals surface area contributed by atoms with E-state index in [0.29, 0.717) is 30.3 Å². The molecule has 120 valence electrons. The van der Waals surface area contributed by atoms with E-state index < -0.39 is 0 Å². The first-order valence-corrected chi connectivity index (χ1v) is 8.10. The van der Waals surface area contributed by atoms with E-state index in [1.165, 1.54) is 19.2 Å². The molecule has 0 spiro atoms. The van der Waals surface area contributed by atoms with Crippen molar-refractivity contribution in [3.8, 4) is 0 Å². The summed E-state index contributed by atoms with van der Waals surface area (Å²) in [5.41, 5.74) is 1.36. The lowest BCUT2D eigenvalue weighted by Crippen LogP contribution is -2.35. The number of aromatic nitrogens is 3. The van der Waals surface area contributed by atoms with Gasteiger partial charge >= 0.3 is 0 Å². The van der Waals surface area contributed by atoms with E-state index in [9.17, 15) is 9.59 Å². The maximum absolute atomic E-state index is 12.5. The van der Waals surface area contributed by atoms with E-state index in [-0.39, 0.29) is 17.7 Å². The number of hydrogen-bond acceptors (Lipinski definition) is 4. The number of pyridine rings is 1. The minimum absolute atomic E-state index is 0.0947. The Hall–Kier alpha value is -2.44. The summed E-state index contributed by atoms with van der Waals surface area (Å²) in [7, 11) is 0. The number of carbonyl (C=O) groups is 2. The highest BCUT2D eigenvalue weighted by Crippen LogP contribution is 2.30. The molecule has 0 aromatic carbocycles. The fourth-order valence-corrected chi connectivity index (χ4v) is 3.61. The van der Waals surface area contributed by atoms with E-state index in [1.807, 2.05) is 4.90 Å². The Morgan fingerprint density at radius 2 is 2.13 bits per heavy atom. The number of nitrogens with zero attached hydrogens (tertiary/aromatic N) is 4. The third-order valence-corrected chi connectivity index (χ3v) is 4.84. The SMILES string of the molecule is O=C(Nc1ccn2ncnc2c1)C1CC(=O)N(C2CCCC2)C1. The van der Waals surface area contributed by atoms with E-state index in [1.54, 1.807) is 22.8 Å². The predicted molar refractivity (Wildman–Crippen MR) is 83.7 cm³/mol. The smallest absolute Gasteiger partial charge is 0.229 e. The van der Waals surface area contributed by atoms with Gasteiger partial charge in [-0.25, -0.2) is 9.50 Å². The van der Waals surface area contributed by atoms with Crippen LogP contribution in [0.1, 0.15) is 32.1 Å². The minimum atomic E-state index is -0.266. The van der Waals surface area contributed by atoms with Crippen molar-refractivity contribution in [1.82, 2.24) is 19.5 Å². The number of nitrogens with one attached hydrogen (secondary N) is 1. The molecule has 2 aromatic rings. The van der Waals surface area contributed by atoms with E-state index in [0.717, 1.165) is 12.8 Å². The summed E-state index contributed by atoms with van der Waals surface area (Å²) >= 11 is 0. The molecule has 2 amide bonds. The van der Waals surface area contributed by atoms with Crippen LogP contribution >= 0.6 is 0 Å². The number of amides is 2. The molecule has 2 aromatic heterocycles. The van der Waals surface area contributed by atoms with Gasteiger partial charge in [0, 0.05) is 37.0 Å². The van der Waals surface area contributed by atoms with Crippen LogP contribution in [-0.4, -0.2) is 43.9 Å². The summed E-state index contributed by atoms with van der Waals surface area (Å²) in [5.74, 6) is -0.245. The van der Waals surface area contributed by atoms with Crippen molar-refractivity contribution in [2.75, 3.05) is 11.9 Å². The second kappa shape index (κ2) is 5.64. The summed E-state index contributed by atoms with van der Waals surface area (Å²) in [6.07, 6.45) is 8.05. The molecule has 1 N–H and O–H groups in total. The summed E-state index contributed by atoms with van der Waals surface area (Å²) in [6.45, 7) is 0.544. The molecule has 7 heteroatoms. The number of fused-ring (bicyclic) bond motifs is 1. The molecule has 1 saturated heterocycles. The highest BCUT2D eigenvalue weighted by molar-refractivity contribution is 5.97. The molecule has 7 nitrogen and oxygen atoms in total. The zero-order valence-electron chi connectivity index (χ0n) is 12.8. The third kappa shape index (κ3) is 2.67. The number of anilines is 1. The van der Waals surface area contributed by atoms with Crippen LogP contribution in [-0.2, 0) is 9.59 Å². The Kier molecular flexibility index (Phi) is 3.48. The Balaban J connectivity index is 1.43. The van der Waals surface area contributed by atoms with Gasteiger partial charge in [-0.1, -0.05) is 12.8 Å². The van der Waals surface area contributed by atoms with Gasteiger partial charge in [0.25, 0.3) is 0 Å². The Labute approximate surface area is 133 Å². The highest BCUT2D eigenvalue weighted by atomic mass is 16.2. The number of likely N-dealkylation sites (tertiary alicyclic amines) is 1. The zero-order chi connectivity index (χ0) is 15.8. The topological polar surface area (TPSA) is 79.6 Å². The number of carbonyl (C=O) groups excluding carboxylic acids is 2. The lowest BCUT2D eigenvalue weighted by molar-refractivity contribution is -0.129. The number of rotatable bonds is 3. The van der Waals surface area contributed by atoms with Crippen LogP contribution in [0.2, 0.25) is 0 Å². The lowest BCUT2D eigenvalue weighted by Gasteiger charge is -2.23. The second-order valence-electron chi connectivity index (χ2n) is 6.35. The number of hydrogen-bond donors (Lipinski definition) is 1. The third-order valence-electron chi connectivity index (χ3n) is 4.84. The van der Waals surface area contributed by atoms with Crippen molar-refractivity contribution < 1.29 is 9.59 Å². The minimum Gasteiger partial charge on any atom is -0.339 e. The molecule has 1 atom stereocenters.